The van der Waals surface area contributed by atoms with Crippen molar-refractivity contribution in [2.75, 3.05) is 41.8 Å². The SMILES string of the molecule is CC1CN(c2ccc(Nc3ncc4cc(C#N)c(=O)n(C5C(=O)c6ccccc6N(C)C5(C)C)c4n3)cc2F)CCN1. The predicted octanol–water partition coefficient (Wildman–Crippen LogP) is 4.00. The quantitative estimate of drug-likeness (QED) is 0.378. The van der Waals surface area contributed by atoms with Crippen LogP contribution in [0.25, 0.3) is 11.0 Å². The van der Waals surface area contributed by atoms with Gasteiger partial charge < -0.3 is 20.4 Å². The van der Waals surface area contributed by atoms with Crippen LogP contribution in [0.4, 0.5) is 27.4 Å². The van der Waals surface area contributed by atoms with Crippen LogP contribution in [0.15, 0.2) is 59.5 Å². The van der Waals surface area contributed by atoms with Gasteiger partial charge in [0.1, 0.15) is 29.1 Å². The molecule has 2 aliphatic heterocycles. The maximum Gasteiger partial charge on any atom is 0.270 e. The summed E-state index contributed by atoms with van der Waals surface area (Å²) in [4.78, 5) is 40.7. The molecule has 4 heterocycles. The van der Waals surface area contributed by atoms with Crippen molar-refractivity contribution in [3.63, 3.8) is 0 Å². The van der Waals surface area contributed by atoms with Crippen LogP contribution in [0, 0.1) is 17.1 Å². The monoisotopic (exact) mass is 566 g/mol. The molecule has 6 rings (SSSR count). The number of benzene rings is 2. The molecule has 10 nitrogen and oxygen atoms in total. The molecule has 1 saturated heterocycles. The van der Waals surface area contributed by atoms with E-state index >= 15 is 4.39 Å². The number of likely N-dealkylation sites (N-methyl/N-ethyl adjacent to an activating group) is 1. The van der Waals surface area contributed by atoms with Gasteiger partial charge >= 0.3 is 0 Å². The van der Waals surface area contributed by atoms with Gasteiger partial charge in [0.2, 0.25) is 5.95 Å². The molecule has 2 unspecified atom stereocenters. The smallest absolute Gasteiger partial charge is 0.270 e. The van der Waals surface area contributed by atoms with E-state index in [9.17, 15) is 14.9 Å². The molecule has 2 N–H and O–H groups in total. The number of pyridine rings is 1. The van der Waals surface area contributed by atoms with E-state index in [1.807, 2.05) is 48.9 Å². The molecule has 2 aromatic heterocycles. The average Bonchev–Trinajstić information content (AvgIpc) is 2.97. The summed E-state index contributed by atoms with van der Waals surface area (Å²) in [6.07, 6.45) is 1.49. The van der Waals surface area contributed by atoms with E-state index in [2.05, 4.69) is 27.5 Å². The largest absolute Gasteiger partial charge is 0.366 e. The molecular weight excluding hydrogens is 535 g/mol. The first-order chi connectivity index (χ1) is 20.1. The number of aromatic nitrogens is 3. The van der Waals surface area contributed by atoms with Crippen molar-refractivity contribution in [2.24, 2.45) is 0 Å². The lowest BCUT2D eigenvalue weighted by molar-refractivity contribution is 0.0859. The number of rotatable bonds is 4. The zero-order chi connectivity index (χ0) is 29.8. The van der Waals surface area contributed by atoms with Gasteiger partial charge in [-0.3, -0.25) is 14.2 Å². The number of carbonyl (C=O) groups excluding carboxylic acids is 1. The summed E-state index contributed by atoms with van der Waals surface area (Å²) in [5.74, 6) is -0.500. The summed E-state index contributed by atoms with van der Waals surface area (Å²) in [6.45, 7) is 8.02. The van der Waals surface area contributed by atoms with Crippen LogP contribution >= 0.6 is 0 Å². The fraction of sp³-hybridized carbons (Fsp3) is 0.323. The van der Waals surface area contributed by atoms with Gasteiger partial charge in [-0.25, -0.2) is 9.37 Å². The molecule has 0 aliphatic carbocycles. The molecule has 4 aromatic rings. The molecule has 214 valence electrons. The number of Topliss-reactive ketones (excluding diaryl/α,β-unsaturated/α-hetero) is 1. The van der Waals surface area contributed by atoms with E-state index in [4.69, 9.17) is 0 Å². The zero-order valence-electron chi connectivity index (χ0n) is 23.8. The Balaban J connectivity index is 1.43. The van der Waals surface area contributed by atoms with Crippen molar-refractivity contribution >= 4 is 39.8 Å². The van der Waals surface area contributed by atoms with Crippen molar-refractivity contribution in [3.8, 4) is 6.07 Å². The number of para-hydroxylation sites is 1. The van der Waals surface area contributed by atoms with Gasteiger partial charge in [-0.05, 0) is 57.2 Å². The van der Waals surface area contributed by atoms with E-state index in [1.165, 1.54) is 22.9 Å². The molecule has 1 fully saturated rings. The first-order valence-electron chi connectivity index (χ1n) is 13.8. The molecule has 2 aliphatic rings. The third-order valence-electron chi connectivity index (χ3n) is 8.38. The molecule has 11 heteroatoms. The Morgan fingerprint density at radius 1 is 1.14 bits per heavy atom. The number of carbonyl (C=O) groups is 1. The van der Waals surface area contributed by atoms with Gasteiger partial charge in [0.15, 0.2) is 5.78 Å². The molecular formula is C31H31FN8O2. The van der Waals surface area contributed by atoms with Crippen LogP contribution in [0.3, 0.4) is 0 Å². The lowest BCUT2D eigenvalue weighted by Gasteiger charge is -2.47. The second-order valence-electron chi connectivity index (χ2n) is 11.4. The number of piperazine rings is 1. The Kier molecular flexibility index (Phi) is 6.66. The van der Waals surface area contributed by atoms with Gasteiger partial charge in [0.05, 0.1) is 11.2 Å². The summed E-state index contributed by atoms with van der Waals surface area (Å²) in [6, 6.07) is 14.8. The number of nitriles is 1. The highest BCUT2D eigenvalue weighted by Crippen LogP contribution is 2.42. The highest BCUT2D eigenvalue weighted by atomic mass is 19.1. The maximum absolute atomic E-state index is 15.2. The Bertz CT molecular complexity index is 1830. The highest BCUT2D eigenvalue weighted by Gasteiger charge is 2.47. The van der Waals surface area contributed by atoms with Crippen LogP contribution in [-0.2, 0) is 0 Å². The Hall–Kier alpha value is -4.82. The van der Waals surface area contributed by atoms with Gasteiger partial charge in [-0.1, -0.05) is 12.1 Å². The molecule has 2 aromatic carbocycles. The predicted molar refractivity (Wildman–Crippen MR) is 160 cm³/mol. The standard InChI is InChI=1S/C31H31FN8O2/c1-18-17-39(12-11-34-18)25-10-9-21(14-23(25)32)36-30-35-16-20-13-19(15-33)29(42)40(28(20)37-30)27-26(41)22-7-5-6-8-24(22)38(4)31(27,2)3/h5-10,13-14,16,18,27,34H,11-12,17H2,1-4H3,(H,35,36,37). The third kappa shape index (κ3) is 4.44. The number of hydrogen-bond acceptors (Lipinski definition) is 9. The summed E-state index contributed by atoms with van der Waals surface area (Å²) < 4.78 is 16.5. The maximum atomic E-state index is 15.2. The van der Waals surface area contributed by atoms with Crippen LogP contribution < -0.4 is 26.0 Å². The van der Waals surface area contributed by atoms with Crippen LogP contribution in [0.1, 0.15) is 42.7 Å². The van der Waals surface area contributed by atoms with Crippen molar-refractivity contribution < 1.29 is 9.18 Å². The summed E-state index contributed by atoms with van der Waals surface area (Å²) in [7, 11) is 1.88. The van der Waals surface area contributed by atoms with Crippen molar-refractivity contribution in [1.29, 1.82) is 5.26 Å². The van der Waals surface area contributed by atoms with Gasteiger partial charge in [0, 0.05) is 61.2 Å². The molecule has 0 bridgehead atoms. The number of nitrogens with zero attached hydrogens (tertiary/aromatic N) is 6. The number of ketones is 1. The lowest BCUT2D eigenvalue weighted by atomic mass is 9.81. The fourth-order valence-corrected chi connectivity index (χ4v) is 5.99. The highest BCUT2D eigenvalue weighted by molar-refractivity contribution is 6.07. The second-order valence-corrected chi connectivity index (χ2v) is 11.4. The van der Waals surface area contributed by atoms with Gasteiger partial charge in [0.25, 0.3) is 5.56 Å². The zero-order valence-corrected chi connectivity index (χ0v) is 23.8. The first-order valence-corrected chi connectivity index (χ1v) is 13.8. The van der Waals surface area contributed by atoms with E-state index < -0.39 is 17.1 Å². The molecule has 42 heavy (non-hydrogen) atoms. The summed E-state index contributed by atoms with van der Waals surface area (Å²) in [5.41, 5.74) is 0.811. The fourth-order valence-electron chi connectivity index (χ4n) is 5.99. The topological polar surface area (TPSA) is 119 Å². The van der Waals surface area contributed by atoms with Crippen LogP contribution in [0.2, 0.25) is 0 Å². The second kappa shape index (κ2) is 10.2. The van der Waals surface area contributed by atoms with Crippen molar-refractivity contribution in [1.82, 2.24) is 19.9 Å². The van der Waals surface area contributed by atoms with Gasteiger partial charge in [-0.2, -0.15) is 10.2 Å². The summed E-state index contributed by atoms with van der Waals surface area (Å²) in [5, 5.41) is 16.6. The summed E-state index contributed by atoms with van der Waals surface area (Å²) >= 11 is 0. The Morgan fingerprint density at radius 2 is 1.93 bits per heavy atom. The normalized spacial score (nSPS) is 19.9. The van der Waals surface area contributed by atoms with Crippen LogP contribution in [-0.4, -0.2) is 58.6 Å². The Morgan fingerprint density at radius 3 is 2.67 bits per heavy atom. The number of halogens is 1. The Labute approximate surface area is 242 Å². The van der Waals surface area contributed by atoms with Crippen molar-refractivity contribution in [2.45, 2.75) is 38.4 Å². The number of hydrogen-bond donors (Lipinski definition) is 2. The first kappa shape index (κ1) is 27.4. The minimum Gasteiger partial charge on any atom is -0.366 e. The number of nitrogens with one attached hydrogen (secondary N) is 2. The van der Waals surface area contributed by atoms with Gasteiger partial charge in [-0.15, -0.1) is 0 Å². The van der Waals surface area contributed by atoms with Crippen LogP contribution in [0.5, 0.6) is 0 Å². The van der Waals surface area contributed by atoms with Crippen molar-refractivity contribution in [3.05, 3.63) is 82.0 Å². The van der Waals surface area contributed by atoms with E-state index in [0.717, 1.165) is 12.2 Å². The number of fused-ring (bicyclic) bond motifs is 2. The molecule has 0 radical (unpaired) electrons. The number of anilines is 4. The molecule has 0 saturated carbocycles. The lowest BCUT2D eigenvalue weighted by Crippen LogP contribution is -2.56. The molecule has 0 amide bonds. The third-order valence-corrected chi connectivity index (χ3v) is 8.38. The average molecular weight is 567 g/mol. The van der Waals surface area contributed by atoms with E-state index in [1.54, 1.807) is 24.3 Å². The van der Waals surface area contributed by atoms with E-state index in [-0.39, 0.29) is 34.8 Å². The molecule has 2 atom stereocenters. The minimum absolute atomic E-state index is 0.114. The molecule has 0 spiro atoms. The minimum atomic E-state index is -0.985. The van der Waals surface area contributed by atoms with E-state index in [0.29, 0.717) is 35.4 Å².